The molecule has 1 aliphatic heterocycles. The van der Waals surface area contributed by atoms with Crippen molar-refractivity contribution in [3.8, 4) is 0 Å². The molecule has 112 valence electrons. The molecule has 1 fully saturated rings. The minimum Gasteiger partial charge on any atom is -0.370 e. The average Bonchev–Trinajstić information content (AvgIpc) is 2.41. The number of rotatable bonds is 5. The van der Waals surface area contributed by atoms with E-state index in [1.54, 1.807) is 0 Å². The molecule has 0 atom stereocenters. The van der Waals surface area contributed by atoms with Crippen LogP contribution in [0.5, 0.6) is 0 Å². The molecule has 0 saturated carbocycles. The first-order chi connectivity index (χ1) is 9.58. The van der Waals surface area contributed by atoms with Gasteiger partial charge in [0.2, 0.25) is 0 Å². The van der Waals surface area contributed by atoms with Gasteiger partial charge in [-0.1, -0.05) is 0 Å². The van der Waals surface area contributed by atoms with E-state index < -0.39 is 0 Å². The molecular weight excluding hydrogens is 250 g/mol. The number of likely N-dealkylation sites (tertiary alicyclic amines) is 1. The summed E-state index contributed by atoms with van der Waals surface area (Å²) in [5.74, 6) is 3.54. The molecule has 5 nitrogen and oxygen atoms in total. The molecule has 0 bridgehead atoms. The first-order valence-corrected chi connectivity index (χ1v) is 7.57. The summed E-state index contributed by atoms with van der Waals surface area (Å²) >= 11 is 0. The van der Waals surface area contributed by atoms with Crippen LogP contribution in [0.4, 0.5) is 11.6 Å². The molecule has 0 aliphatic carbocycles. The molecule has 2 rings (SSSR count). The van der Waals surface area contributed by atoms with Gasteiger partial charge in [0.15, 0.2) is 0 Å². The van der Waals surface area contributed by atoms with Gasteiger partial charge < -0.3 is 15.1 Å². The van der Waals surface area contributed by atoms with E-state index in [1.165, 1.54) is 25.9 Å². The summed E-state index contributed by atoms with van der Waals surface area (Å²) in [5.41, 5.74) is 0. The van der Waals surface area contributed by atoms with Gasteiger partial charge >= 0.3 is 0 Å². The van der Waals surface area contributed by atoms with Crippen LogP contribution in [0.2, 0.25) is 0 Å². The number of aryl methyl sites for hydroxylation is 1. The maximum absolute atomic E-state index is 4.56. The summed E-state index contributed by atoms with van der Waals surface area (Å²) in [5, 5.41) is 3.27. The highest BCUT2D eigenvalue weighted by Gasteiger charge is 2.19. The van der Waals surface area contributed by atoms with E-state index in [1.807, 2.05) is 13.0 Å². The Morgan fingerprint density at radius 2 is 2.05 bits per heavy atom. The van der Waals surface area contributed by atoms with Crippen LogP contribution in [0.15, 0.2) is 6.07 Å². The summed E-state index contributed by atoms with van der Waals surface area (Å²) in [6, 6.07) is 2.05. The van der Waals surface area contributed by atoms with E-state index in [4.69, 9.17) is 0 Å². The molecule has 1 saturated heterocycles. The number of piperidine rings is 1. The van der Waals surface area contributed by atoms with Crippen molar-refractivity contribution in [2.75, 3.05) is 50.5 Å². The number of hydrogen-bond donors (Lipinski definition) is 1. The molecule has 0 radical (unpaired) electrons. The predicted molar refractivity (Wildman–Crippen MR) is 84.4 cm³/mol. The van der Waals surface area contributed by atoms with E-state index in [0.29, 0.717) is 0 Å². The quantitative estimate of drug-likeness (QED) is 0.892. The molecule has 1 aliphatic rings. The van der Waals surface area contributed by atoms with Crippen LogP contribution in [0.25, 0.3) is 0 Å². The Labute approximate surface area is 122 Å². The summed E-state index contributed by atoms with van der Waals surface area (Å²) in [6.45, 7) is 8.42. The Hall–Kier alpha value is -1.36. The highest BCUT2D eigenvalue weighted by atomic mass is 15.2. The van der Waals surface area contributed by atoms with Crippen LogP contribution in [-0.4, -0.2) is 55.1 Å². The second-order valence-electron chi connectivity index (χ2n) is 5.82. The van der Waals surface area contributed by atoms with Gasteiger partial charge in [-0.2, -0.15) is 0 Å². The fourth-order valence-electron chi connectivity index (χ4n) is 2.74. The van der Waals surface area contributed by atoms with E-state index in [9.17, 15) is 0 Å². The summed E-state index contributed by atoms with van der Waals surface area (Å²) < 4.78 is 0. The fourth-order valence-corrected chi connectivity index (χ4v) is 2.74. The van der Waals surface area contributed by atoms with E-state index in [0.717, 1.165) is 36.5 Å². The van der Waals surface area contributed by atoms with Crippen molar-refractivity contribution < 1.29 is 0 Å². The molecule has 1 aromatic rings. The van der Waals surface area contributed by atoms with E-state index >= 15 is 0 Å². The molecule has 0 spiro atoms. The lowest BCUT2D eigenvalue weighted by atomic mass is 9.97. The van der Waals surface area contributed by atoms with Crippen molar-refractivity contribution in [2.45, 2.75) is 26.7 Å². The van der Waals surface area contributed by atoms with Crippen molar-refractivity contribution in [3.63, 3.8) is 0 Å². The zero-order valence-corrected chi connectivity index (χ0v) is 13.2. The van der Waals surface area contributed by atoms with Crippen LogP contribution in [0.3, 0.4) is 0 Å². The topological polar surface area (TPSA) is 44.3 Å². The number of hydrogen-bond acceptors (Lipinski definition) is 5. The summed E-state index contributed by atoms with van der Waals surface area (Å²) in [7, 11) is 4.34. The smallest absolute Gasteiger partial charge is 0.134 e. The normalized spacial score (nSPS) is 17.2. The zero-order chi connectivity index (χ0) is 14.5. The summed E-state index contributed by atoms with van der Waals surface area (Å²) in [6.07, 6.45) is 2.57. The second-order valence-corrected chi connectivity index (χ2v) is 5.82. The molecule has 0 aromatic carbocycles. The van der Waals surface area contributed by atoms with Crippen LogP contribution in [0, 0.1) is 12.8 Å². The maximum atomic E-state index is 4.56. The van der Waals surface area contributed by atoms with Gasteiger partial charge in [0, 0.05) is 26.2 Å². The van der Waals surface area contributed by atoms with Crippen LogP contribution in [-0.2, 0) is 0 Å². The summed E-state index contributed by atoms with van der Waals surface area (Å²) in [4.78, 5) is 13.6. The van der Waals surface area contributed by atoms with Crippen LogP contribution >= 0.6 is 0 Å². The van der Waals surface area contributed by atoms with Crippen molar-refractivity contribution >= 4 is 11.6 Å². The largest absolute Gasteiger partial charge is 0.370 e. The maximum Gasteiger partial charge on any atom is 0.134 e. The van der Waals surface area contributed by atoms with E-state index in [-0.39, 0.29) is 0 Å². The average molecular weight is 277 g/mol. The molecule has 1 N–H and O–H groups in total. The number of aromatic nitrogens is 2. The Kier molecular flexibility index (Phi) is 5.17. The van der Waals surface area contributed by atoms with Gasteiger partial charge in [-0.3, -0.25) is 0 Å². The fraction of sp³-hybridized carbons (Fsp3) is 0.733. The van der Waals surface area contributed by atoms with Gasteiger partial charge in [-0.15, -0.1) is 0 Å². The lowest BCUT2D eigenvalue weighted by Crippen LogP contribution is -2.36. The van der Waals surface area contributed by atoms with Gasteiger partial charge in [0.05, 0.1) is 0 Å². The van der Waals surface area contributed by atoms with Crippen molar-refractivity contribution in [2.24, 2.45) is 5.92 Å². The number of nitrogens with zero attached hydrogens (tertiary/aromatic N) is 4. The molecule has 2 heterocycles. The molecular formula is C15H27N5. The predicted octanol–water partition coefficient (Wildman–Crippen LogP) is 1.99. The van der Waals surface area contributed by atoms with Gasteiger partial charge in [0.25, 0.3) is 0 Å². The van der Waals surface area contributed by atoms with Gasteiger partial charge in [-0.05, 0) is 52.7 Å². The van der Waals surface area contributed by atoms with E-state index in [2.05, 4.69) is 46.1 Å². The minimum atomic E-state index is 0.772. The lowest BCUT2D eigenvalue weighted by Gasteiger charge is -2.32. The molecule has 1 aromatic heterocycles. The standard InChI is InChI=1S/C15H27N5/c1-5-16-14-10-15(18-12(2)17-14)20(4)11-13-6-8-19(3)9-7-13/h10,13H,5-9,11H2,1-4H3,(H,16,17,18). The Morgan fingerprint density at radius 3 is 2.70 bits per heavy atom. The highest BCUT2D eigenvalue weighted by molar-refractivity contribution is 5.48. The second kappa shape index (κ2) is 6.88. The third-order valence-corrected chi connectivity index (χ3v) is 3.94. The third kappa shape index (κ3) is 4.07. The van der Waals surface area contributed by atoms with Crippen LogP contribution < -0.4 is 10.2 Å². The van der Waals surface area contributed by atoms with Crippen LogP contribution in [0.1, 0.15) is 25.6 Å². The Balaban J connectivity index is 1.99. The zero-order valence-electron chi connectivity index (χ0n) is 13.2. The van der Waals surface area contributed by atoms with Gasteiger partial charge in [-0.25, -0.2) is 9.97 Å². The molecule has 5 heteroatoms. The Bertz CT molecular complexity index is 426. The first-order valence-electron chi connectivity index (χ1n) is 7.57. The SMILES string of the molecule is CCNc1cc(N(C)CC2CCN(C)CC2)nc(C)n1. The third-order valence-electron chi connectivity index (χ3n) is 3.94. The lowest BCUT2D eigenvalue weighted by molar-refractivity contribution is 0.222. The number of nitrogens with one attached hydrogen (secondary N) is 1. The molecule has 0 unspecified atom stereocenters. The Morgan fingerprint density at radius 1 is 1.35 bits per heavy atom. The molecule has 0 amide bonds. The highest BCUT2D eigenvalue weighted by Crippen LogP contribution is 2.21. The molecule has 20 heavy (non-hydrogen) atoms. The van der Waals surface area contributed by atoms with Crippen molar-refractivity contribution in [1.82, 2.24) is 14.9 Å². The first kappa shape index (κ1) is 15.0. The monoisotopic (exact) mass is 277 g/mol. The van der Waals surface area contributed by atoms with Crippen molar-refractivity contribution in [1.29, 1.82) is 0 Å². The minimum absolute atomic E-state index is 0.772. The van der Waals surface area contributed by atoms with Crippen molar-refractivity contribution in [3.05, 3.63) is 11.9 Å². The number of anilines is 2. The van der Waals surface area contributed by atoms with Gasteiger partial charge in [0.1, 0.15) is 17.5 Å².